The summed E-state index contributed by atoms with van der Waals surface area (Å²) in [5.74, 6) is -0.579. The zero-order valence-corrected chi connectivity index (χ0v) is 14.5. The van der Waals surface area contributed by atoms with Crippen LogP contribution >= 0.6 is 0 Å². The molecular formula is C18H24FN3O3. The fourth-order valence-electron chi connectivity index (χ4n) is 3.02. The normalized spacial score (nSPS) is 23.8. The van der Waals surface area contributed by atoms with Crippen LogP contribution in [0.1, 0.15) is 25.3 Å². The van der Waals surface area contributed by atoms with E-state index in [1.807, 2.05) is 0 Å². The second-order valence-electron chi connectivity index (χ2n) is 6.58. The minimum atomic E-state index is -1.09. The van der Waals surface area contributed by atoms with Gasteiger partial charge in [-0.25, -0.2) is 4.39 Å². The average molecular weight is 349 g/mol. The van der Waals surface area contributed by atoms with Crippen LogP contribution in [0.2, 0.25) is 0 Å². The molecule has 6 nitrogen and oxygen atoms in total. The van der Waals surface area contributed by atoms with E-state index in [1.165, 1.54) is 6.07 Å². The lowest BCUT2D eigenvalue weighted by Crippen LogP contribution is -2.45. The summed E-state index contributed by atoms with van der Waals surface area (Å²) in [7, 11) is 0. The van der Waals surface area contributed by atoms with E-state index in [2.05, 4.69) is 15.4 Å². The van der Waals surface area contributed by atoms with Gasteiger partial charge in [0, 0.05) is 31.6 Å². The zero-order chi connectivity index (χ0) is 17.7. The number of ether oxygens (including phenoxy) is 1. The minimum Gasteiger partial charge on any atom is -0.379 e. The van der Waals surface area contributed by atoms with Gasteiger partial charge in [-0.15, -0.1) is 0 Å². The van der Waals surface area contributed by atoms with E-state index >= 15 is 0 Å². The Morgan fingerprint density at radius 3 is 2.88 bits per heavy atom. The number of nitrogens with one attached hydrogen (secondary N) is 1. The van der Waals surface area contributed by atoms with E-state index in [-0.39, 0.29) is 18.1 Å². The molecule has 2 aliphatic rings. The summed E-state index contributed by atoms with van der Waals surface area (Å²) < 4.78 is 19.2. The van der Waals surface area contributed by atoms with Crippen LogP contribution in [-0.4, -0.2) is 61.5 Å². The predicted octanol–water partition coefficient (Wildman–Crippen LogP) is 1.55. The third kappa shape index (κ3) is 4.35. The molecule has 1 aromatic carbocycles. The number of carbonyl (C=O) groups excluding carboxylic acids is 1. The SMILES string of the molecule is C[C@@]1(C(=O)NCCCN2CCOCC2)CC(c2ccccc2F)=NO1. The Morgan fingerprint density at radius 1 is 1.36 bits per heavy atom. The molecule has 7 heteroatoms. The molecular weight excluding hydrogens is 325 g/mol. The second kappa shape index (κ2) is 7.93. The number of rotatable bonds is 6. The van der Waals surface area contributed by atoms with Gasteiger partial charge < -0.3 is 14.9 Å². The van der Waals surface area contributed by atoms with E-state index in [0.29, 0.717) is 17.8 Å². The first-order valence-corrected chi connectivity index (χ1v) is 8.67. The molecule has 1 amide bonds. The van der Waals surface area contributed by atoms with Gasteiger partial charge in [0.25, 0.3) is 5.91 Å². The number of amides is 1. The standard InChI is InChI=1S/C18H24FN3O3/c1-18(13-16(21-25-18)14-5-2-3-6-15(14)19)17(23)20-7-4-8-22-9-11-24-12-10-22/h2-3,5-6H,4,7-13H2,1H3,(H,20,23)/t18-/m0/s1. The van der Waals surface area contributed by atoms with Crippen LogP contribution in [0.3, 0.4) is 0 Å². The van der Waals surface area contributed by atoms with Gasteiger partial charge in [0.1, 0.15) is 5.82 Å². The summed E-state index contributed by atoms with van der Waals surface area (Å²) in [5, 5.41) is 6.84. The Morgan fingerprint density at radius 2 is 2.12 bits per heavy atom. The number of hydrogen-bond donors (Lipinski definition) is 1. The largest absolute Gasteiger partial charge is 0.379 e. The van der Waals surface area contributed by atoms with Crippen molar-refractivity contribution in [2.24, 2.45) is 5.16 Å². The molecule has 1 saturated heterocycles. The van der Waals surface area contributed by atoms with Gasteiger partial charge in [-0.3, -0.25) is 9.69 Å². The Kier molecular flexibility index (Phi) is 5.65. The lowest BCUT2D eigenvalue weighted by Gasteiger charge is -2.26. The van der Waals surface area contributed by atoms with Crippen molar-refractivity contribution >= 4 is 11.6 Å². The molecule has 0 aromatic heterocycles. The lowest BCUT2D eigenvalue weighted by atomic mass is 9.95. The van der Waals surface area contributed by atoms with Gasteiger partial charge in [0.2, 0.25) is 5.60 Å². The molecule has 1 aromatic rings. The smallest absolute Gasteiger partial charge is 0.267 e. The van der Waals surface area contributed by atoms with E-state index in [4.69, 9.17) is 9.57 Å². The number of morpholine rings is 1. The molecule has 0 saturated carbocycles. The molecule has 1 atom stereocenters. The molecule has 0 unspecified atom stereocenters. The number of nitrogens with zero attached hydrogens (tertiary/aromatic N) is 2. The highest BCUT2D eigenvalue weighted by Gasteiger charge is 2.42. The summed E-state index contributed by atoms with van der Waals surface area (Å²) >= 11 is 0. The topological polar surface area (TPSA) is 63.2 Å². The van der Waals surface area contributed by atoms with Crippen molar-refractivity contribution in [3.63, 3.8) is 0 Å². The first-order chi connectivity index (χ1) is 12.1. The predicted molar refractivity (Wildman–Crippen MR) is 91.9 cm³/mol. The molecule has 1 N–H and O–H groups in total. The molecule has 0 aliphatic carbocycles. The molecule has 0 spiro atoms. The van der Waals surface area contributed by atoms with Crippen LogP contribution < -0.4 is 5.32 Å². The van der Waals surface area contributed by atoms with E-state index in [0.717, 1.165) is 39.3 Å². The van der Waals surface area contributed by atoms with E-state index in [1.54, 1.807) is 25.1 Å². The highest BCUT2D eigenvalue weighted by molar-refractivity contribution is 6.05. The maximum atomic E-state index is 13.9. The molecule has 2 heterocycles. The number of halogens is 1. The van der Waals surface area contributed by atoms with Crippen molar-refractivity contribution in [3.05, 3.63) is 35.6 Å². The van der Waals surface area contributed by atoms with Gasteiger partial charge >= 0.3 is 0 Å². The fourth-order valence-corrected chi connectivity index (χ4v) is 3.02. The number of benzene rings is 1. The lowest BCUT2D eigenvalue weighted by molar-refractivity contribution is -0.141. The first-order valence-electron chi connectivity index (χ1n) is 8.67. The first kappa shape index (κ1) is 17.8. The quantitative estimate of drug-likeness (QED) is 0.792. The fraction of sp³-hybridized carbons (Fsp3) is 0.556. The number of hydrogen-bond acceptors (Lipinski definition) is 5. The van der Waals surface area contributed by atoms with Crippen LogP contribution in [0.15, 0.2) is 29.4 Å². The van der Waals surface area contributed by atoms with Gasteiger partial charge in [-0.2, -0.15) is 0 Å². The average Bonchev–Trinajstić information content (AvgIpc) is 3.03. The summed E-state index contributed by atoms with van der Waals surface area (Å²) in [4.78, 5) is 20.1. The van der Waals surface area contributed by atoms with Crippen LogP contribution in [0.4, 0.5) is 4.39 Å². The number of carbonyl (C=O) groups is 1. The van der Waals surface area contributed by atoms with Crippen molar-refractivity contribution in [3.8, 4) is 0 Å². The summed E-state index contributed by atoms with van der Waals surface area (Å²) in [6, 6.07) is 6.38. The molecule has 2 aliphatic heterocycles. The van der Waals surface area contributed by atoms with Crippen molar-refractivity contribution in [2.45, 2.75) is 25.4 Å². The summed E-state index contributed by atoms with van der Waals surface area (Å²) in [6.07, 6.45) is 1.12. The highest BCUT2D eigenvalue weighted by Crippen LogP contribution is 2.27. The van der Waals surface area contributed by atoms with Gasteiger partial charge in [0.05, 0.1) is 18.9 Å². The van der Waals surface area contributed by atoms with Crippen molar-refractivity contribution in [1.29, 1.82) is 0 Å². The second-order valence-corrected chi connectivity index (χ2v) is 6.58. The molecule has 0 bridgehead atoms. The van der Waals surface area contributed by atoms with Crippen LogP contribution in [0.5, 0.6) is 0 Å². The van der Waals surface area contributed by atoms with Crippen LogP contribution in [0.25, 0.3) is 0 Å². The van der Waals surface area contributed by atoms with E-state index in [9.17, 15) is 9.18 Å². The molecule has 1 fully saturated rings. The van der Waals surface area contributed by atoms with Crippen molar-refractivity contribution in [1.82, 2.24) is 10.2 Å². The van der Waals surface area contributed by atoms with Gasteiger partial charge in [-0.05, 0) is 26.0 Å². The number of oxime groups is 1. The molecule has 3 rings (SSSR count). The van der Waals surface area contributed by atoms with Crippen molar-refractivity contribution in [2.75, 3.05) is 39.4 Å². The van der Waals surface area contributed by atoms with Gasteiger partial charge in [0.15, 0.2) is 0 Å². The third-order valence-electron chi connectivity index (χ3n) is 4.57. The van der Waals surface area contributed by atoms with Crippen LogP contribution in [0, 0.1) is 5.82 Å². The minimum absolute atomic E-state index is 0.218. The molecule has 25 heavy (non-hydrogen) atoms. The maximum absolute atomic E-state index is 13.9. The maximum Gasteiger partial charge on any atom is 0.267 e. The Balaban J connectivity index is 1.45. The Labute approximate surface area is 147 Å². The molecule has 136 valence electrons. The monoisotopic (exact) mass is 349 g/mol. The van der Waals surface area contributed by atoms with Gasteiger partial charge in [-0.1, -0.05) is 23.4 Å². The Bertz CT molecular complexity index is 646. The summed E-state index contributed by atoms with van der Waals surface area (Å²) in [6.45, 7) is 6.61. The van der Waals surface area contributed by atoms with Crippen molar-refractivity contribution < 1.29 is 18.8 Å². The van der Waals surface area contributed by atoms with E-state index < -0.39 is 5.60 Å². The zero-order valence-electron chi connectivity index (χ0n) is 14.5. The highest BCUT2D eigenvalue weighted by atomic mass is 19.1. The summed E-state index contributed by atoms with van der Waals surface area (Å²) in [5.41, 5.74) is -0.244. The Hall–Kier alpha value is -1.99. The molecule has 0 radical (unpaired) electrons. The van der Waals surface area contributed by atoms with Crippen LogP contribution in [-0.2, 0) is 14.4 Å². The third-order valence-corrected chi connectivity index (χ3v) is 4.57.